The van der Waals surface area contributed by atoms with Gasteiger partial charge < -0.3 is 14.6 Å². The van der Waals surface area contributed by atoms with Crippen molar-refractivity contribution >= 4 is 10.8 Å². The van der Waals surface area contributed by atoms with Crippen molar-refractivity contribution in [1.29, 1.82) is 0 Å². The highest BCUT2D eigenvalue weighted by Gasteiger charge is 2.07. The van der Waals surface area contributed by atoms with Crippen LogP contribution in [0, 0.1) is 0 Å². The number of nitrogens with zero attached hydrogens (tertiary/aromatic N) is 1. The number of benzene rings is 2. The number of hydrogen-bond acceptors (Lipinski definition) is 4. The van der Waals surface area contributed by atoms with E-state index in [1.54, 1.807) is 13.3 Å². The molecule has 1 unspecified atom stereocenters. The second-order valence-electron chi connectivity index (χ2n) is 5.05. The van der Waals surface area contributed by atoms with Gasteiger partial charge >= 0.3 is 0 Å². The summed E-state index contributed by atoms with van der Waals surface area (Å²) < 4.78 is 10.3. The minimum absolute atomic E-state index is 0.238. The summed E-state index contributed by atoms with van der Waals surface area (Å²) in [5, 5.41) is 9.52. The highest BCUT2D eigenvalue weighted by atomic mass is 16.5. The smallest absolute Gasteiger partial charge is 0.150 e. The van der Waals surface area contributed by atoms with Gasteiger partial charge in [-0.15, -0.1) is 0 Å². The van der Waals surface area contributed by atoms with Crippen LogP contribution >= 0.6 is 0 Å². The Morgan fingerprint density at radius 1 is 1.14 bits per heavy atom. The van der Waals surface area contributed by atoms with Crippen LogP contribution in [0.1, 0.15) is 24.3 Å². The van der Waals surface area contributed by atoms with Gasteiger partial charge in [-0.1, -0.05) is 23.4 Å². The Kier molecular flexibility index (Phi) is 3.88. The highest BCUT2D eigenvalue weighted by Crippen LogP contribution is 2.24. The maximum absolute atomic E-state index is 5.25. The molecule has 4 heteroatoms. The largest absolute Gasteiger partial charge is 0.497 e. The molecule has 1 heterocycles. The van der Waals surface area contributed by atoms with E-state index in [9.17, 15) is 0 Å². The normalized spacial score (nSPS) is 12.5. The van der Waals surface area contributed by atoms with Gasteiger partial charge in [0.05, 0.1) is 19.9 Å². The van der Waals surface area contributed by atoms with Crippen LogP contribution in [0.4, 0.5) is 0 Å². The Labute approximate surface area is 123 Å². The average molecular weight is 282 g/mol. The third-order valence-electron chi connectivity index (χ3n) is 3.65. The van der Waals surface area contributed by atoms with E-state index in [-0.39, 0.29) is 6.04 Å². The summed E-state index contributed by atoms with van der Waals surface area (Å²) in [5.41, 5.74) is 1.24. The average Bonchev–Trinajstić information content (AvgIpc) is 3.05. The van der Waals surface area contributed by atoms with Crippen LogP contribution in [0.15, 0.2) is 53.2 Å². The molecule has 0 aliphatic rings. The van der Waals surface area contributed by atoms with Gasteiger partial charge in [-0.25, -0.2) is 0 Å². The molecular weight excluding hydrogens is 264 g/mol. The molecule has 3 rings (SSSR count). The fraction of sp³-hybridized carbons (Fsp3) is 0.235. The van der Waals surface area contributed by atoms with Crippen LogP contribution in [-0.2, 0) is 6.54 Å². The summed E-state index contributed by atoms with van der Waals surface area (Å²) in [5.74, 6) is 1.72. The first-order chi connectivity index (χ1) is 10.3. The number of methoxy groups -OCH3 is 1. The lowest BCUT2D eigenvalue weighted by atomic mass is 10.0. The molecule has 1 N–H and O–H groups in total. The van der Waals surface area contributed by atoms with Gasteiger partial charge in [0.15, 0.2) is 0 Å². The fourth-order valence-corrected chi connectivity index (χ4v) is 2.34. The third-order valence-corrected chi connectivity index (χ3v) is 3.65. The molecule has 4 nitrogen and oxygen atoms in total. The molecule has 0 saturated heterocycles. The fourth-order valence-electron chi connectivity index (χ4n) is 2.34. The highest BCUT2D eigenvalue weighted by molar-refractivity contribution is 5.84. The molecular formula is C17H18N2O2. The molecule has 0 spiro atoms. The minimum Gasteiger partial charge on any atom is -0.497 e. The number of ether oxygens (including phenoxy) is 1. The third kappa shape index (κ3) is 3.06. The van der Waals surface area contributed by atoms with E-state index in [1.807, 2.05) is 18.2 Å². The summed E-state index contributed by atoms with van der Waals surface area (Å²) in [6.07, 6.45) is 1.66. The maximum atomic E-state index is 5.25. The van der Waals surface area contributed by atoms with Gasteiger partial charge in [0, 0.05) is 12.1 Å². The Bertz CT molecular complexity index is 723. The summed E-state index contributed by atoms with van der Waals surface area (Å²) in [6, 6.07) is 14.7. The van der Waals surface area contributed by atoms with E-state index in [2.05, 4.69) is 41.7 Å². The topological polar surface area (TPSA) is 47.3 Å². The molecule has 0 aliphatic heterocycles. The lowest BCUT2D eigenvalue weighted by Crippen LogP contribution is -2.17. The van der Waals surface area contributed by atoms with Crippen molar-refractivity contribution < 1.29 is 9.26 Å². The molecule has 0 fully saturated rings. The van der Waals surface area contributed by atoms with E-state index >= 15 is 0 Å². The Morgan fingerprint density at radius 3 is 2.71 bits per heavy atom. The Hall–Kier alpha value is -2.33. The molecule has 108 valence electrons. The van der Waals surface area contributed by atoms with Crippen LogP contribution in [0.5, 0.6) is 5.75 Å². The molecule has 2 aromatic carbocycles. The SMILES string of the molecule is COc1ccc2cc(C(C)NCc3ccno3)ccc2c1. The van der Waals surface area contributed by atoms with Crippen molar-refractivity contribution in [2.75, 3.05) is 7.11 Å². The zero-order valence-corrected chi connectivity index (χ0v) is 12.2. The molecule has 3 aromatic rings. The predicted octanol–water partition coefficient (Wildman–Crippen LogP) is 3.69. The molecule has 0 aliphatic carbocycles. The van der Waals surface area contributed by atoms with Crippen molar-refractivity contribution in [3.05, 3.63) is 60.0 Å². The van der Waals surface area contributed by atoms with Gasteiger partial charge in [-0.05, 0) is 41.5 Å². The quantitative estimate of drug-likeness (QED) is 0.775. The molecule has 0 radical (unpaired) electrons. The number of nitrogens with one attached hydrogen (secondary N) is 1. The van der Waals surface area contributed by atoms with E-state index in [0.29, 0.717) is 6.54 Å². The summed E-state index contributed by atoms with van der Waals surface area (Å²) in [6.45, 7) is 2.81. The van der Waals surface area contributed by atoms with Gasteiger partial charge in [0.25, 0.3) is 0 Å². The zero-order valence-electron chi connectivity index (χ0n) is 12.2. The first-order valence-electron chi connectivity index (χ1n) is 6.97. The first kappa shape index (κ1) is 13.6. The van der Waals surface area contributed by atoms with Crippen LogP contribution in [-0.4, -0.2) is 12.3 Å². The van der Waals surface area contributed by atoms with Crippen LogP contribution in [0.3, 0.4) is 0 Å². The van der Waals surface area contributed by atoms with E-state index in [0.717, 1.165) is 11.5 Å². The van der Waals surface area contributed by atoms with Crippen LogP contribution < -0.4 is 10.1 Å². The number of rotatable bonds is 5. The van der Waals surface area contributed by atoms with Gasteiger partial charge in [-0.3, -0.25) is 0 Å². The van der Waals surface area contributed by atoms with Crippen molar-refractivity contribution in [2.45, 2.75) is 19.5 Å². The predicted molar refractivity (Wildman–Crippen MR) is 82.3 cm³/mol. The zero-order chi connectivity index (χ0) is 14.7. The van der Waals surface area contributed by atoms with Gasteiger partial charge in [-0.2, -0.15) is 0 Å². The van der Waals surface area contributed by atoms with Gasteiger partial charge in [0.1, 0.15) is 11.5 Å². The van der Waals surface area contributed by atoms with E-state index in [1.165, 1.54) is 16.3 Å². The van der Waals surface area contributed by atoms with Crippen LogP contribution in [0.25, 0.3) is 10.8 Å². The monoisotopic (exact) mass is 282 g/mol. The first-order valence-corrected chi connectivity index (χ1v) is 6.97. The summed E-state index contributed by atoms with van der Waals surface area (Å²) in [7, 11) is 1.69. The van der Waals surface area contributed by atoms with Crippen LogP contribution in [0.2, 0.25) is 0 Å². The van der Waals surface area contributed by atoms with Crippen molar-refractivity contribution in [3.63, 3.8) is 0 Å². The number of fused-ring (bicyclic) bond motifs is 1. The molecule has 1 aromatic heterocycles. The summed E-state index contributed by atoms with van der Waals surface area (Å²) in [4.78, 5) is 0. The minimum atomic E-state index is 0.238. The molecule has 21 heavy (non-hydrogen) atoms. The molecule has 1 atom stereocenters. The number of aromatic nitrogens is 1. The van der Waals surface area contributed by atoms with Gasteiger partial charge in [0.2, 0.25) is 0 Å². The second kappa shape index (κ2) is 5.97. The Morgan fingerprint density at radius 2 is 1.95 bits per heavy atom. The maximum Gasteiger partial charge on any atom is 0.150 e. The molecule has 0 bridgehead atoms. The van der Waals surface area contributed by atoms with Crippen molar-refractivity contribution in [1.82, 2.24) is 10.5 Å². The van der Waals surface area contributed by atoms with E-state index in [4.69, 9.17) is 9.26 Å². The Balaban J connectivity index is 1.76. The lowest BCUT2D eigenvalue weighted by molar-refractivity contribution is 0.366. The lowest BCUT2D eigenvalue weighted by Gasteiger charge is -2.14. The van der Waals surface area contributed by atoms with Crippen molar-refractivity contribution in [3.8, 4) is 5.75 Å². The molecule has 0 saturated carbocycles. The number of hydrogen-bond donors (Lipinski definition) is 1. The summed E-state index contributed by atoms with van der Waals surface area (Å²) >= 11 is 0. The second-order valence-corrected chi connectivity index (χ2v) is 5.05. The van der Waals surface area contributed by atoms with Crippen molar-refractivity contribution in [2.24, 2.45) is 0 Å². The van der Waals surface area contributed by atoms with E-state index < -0.39 is 0 Å². The molecule has 0 amide bonds. The standard InChI is InChI=1S/C17H18N2O2/c1-12(18-11-17-7-8-19-21-17)13-3-4-15-10-16(20-2)6-5-14(15)9-13/h3-10,12,18H,11H2,1-2H3.